The molecule has 2 N–H and O–H groups in total. The minimum Gasteiger partial charge on any atom is -0.468 e. The molecule has 0 amide bonds. The second kappa shape index (κ2) is 5.71. The highest BCUT2D eigenvalue weighted by atomic mass is 32.2. The third-order valence-corrected chi connectivity index (χ3v) is 5.35. The van der Waals surface area contributed by atoms with Gasteiger partial charge in [-0.3, -0.25) is 4.79 Å². The highest BCUT2D eigenvalue weighted by Gasteiger charge is 2.40. The number of nitrogen functional groups attached to an aromatic ring is 1. The number of hydrogen-bond acceptors (Lipinski definition) is 6. The van der Waals surface area contributed by atoms with Crippen LogP contribution in [-0.2, 0) is 19.6 Å². The second-order valence-corrected chi connectivity index (χ2v) is 6.52. The first-order chi connectivity index (χ1) is 9.91. The Hall–Kier alpha value is -2.11. The fraction of sp³-hybridized carbons (Fsp3) is 0.385. The van der Waals surface area contributed by atoms with Gasteiger partial charge in [-0.25, -0.2) is 8.42 Å². The van der Waals surface area contributed by atoms with E-state index in [9.17, 15) is 13.2 Å². The fourth-order valence-electron chi connectivity index (χ4n) is 2.39. The third kappa shape index (κ3) is 2.70. The standard InChI is InChI=1S/C13H15N3O4S/c1-20-13(17)11-3-2-6-16(11)21(18,19)12-5-4-10(15)7-9(12)8-14/h4-5,7,11H,2-3,6,15H2,1H3. The minimum atomic E-state index is -3.95. The Kier molecular flexibility index (Phi) is 4.16. The van der Waals surface area contributed by atoms with Crippen molar-refractivity contribution in [1.29, 1.82) is 5.26 Å². The Morgan fingerprint density at radius 2 is 2.24 bits per heavy atom. The Balaban J connectivity index is 2.48. The van der Waals surface area contributed by atoms with Crippen LogP contribution in [-0.4, -0.2) is 38.4 Å². The Bertz CT molecular complexity index is 709. The first-order valence-electron chi connectivity index (χ1n) is 6.31. The van der Waals surface area contributed by atoms with Crippen LogP contribution in [0.1, 0.15) is 18.4 Å². The van der Waals surface area contributed by atoms with Gasteiger partial charge in [-0.15, -0.1) is 0 Å². The monoisotopic (exact) mass is 309 g/mol. The maximum Gasteiger partial charge on any atom is 0.324 e. The van der Waals surface area contributed by atoms with Gasteiger partial charge in [-0.05, 0) is 31.0 Å². The number of carbonyl (C=O) groups is 1. The number of nitrogens with zero attached hydrogens (tertiary/aromatic N) is 2. The molecule has 0 spiro atoms. The summed E-state index contributed by atoms with van der Waals surface area (Å²) in [5.74, 6) is -0.593. The predicted molar refractivity (Wildman–Crippen MR) is 74.5 cm³/mol. The van der Waals surface area contributed by atoms with E-state index in [0.29, 0.717) is 18.5 Å². The number of rotatable bonds is 3. The Labute approximate surface area is 123 Å². The van der Waals surface area contributed by atoms with Crippen LogP contribution in [0.2, 0.25) is 0 Å². The zero-order valence-corrected chi connectivity index (χ0v) is 12.3. The Morgan fingerprint density at radius 1 is 1.52 bits per heavy atom. The number of nitrogens with two attached hydrogens (primary N) is 1. The molecule has 112 valence electrons. The van der Waals surface area contributed by atoms with Crippen LogP contribution < -0.4 is 5.73 Å². The van der Waals surface area contributed by atoms with Gasteiger partial charge in [0.15, 0.2) is 0 Å². The zero-order chi connectivity index (χ0) is 15.6. The van der Waals surface area contributed by atoms with Gasteiger partial charge in [0, 0.05) is 12.2 Å². The number of sulfonamides is 1. The number of ether oxygens (including phenoxy) is 1. The van der Waals surface area contributed by atoms with E-state index in [2.05, 4.69) is 4.74 Å². The normalized spacial score (nSPS) is 19.1. The van der Waals surface area contributed by atoms with Crippen molar-refractivity contribution in [3.63, 3.8) is 0 Å². The van der Waals surface area contributed by atoms with Crippen LogP contribution in [0.5, 0.6) is 0 Å². The quantitative estimate of drug-likeness (QED) is 0.641. The molecule has 8 heteroatoms. The highest BCUT2D eigenvalue weighted by molar-refractivity contribution is 7.89. The summed E-state index contributed by atoms with van der Waals surface area (Å²) in [6, 6.07) is 4.98. The van der Waals surface area contributed by atoms with Gasteiger partial charge in [0.1, 0.15) is 17.0 Å². The van der Waals surface area contributed by atoms with E-state index < -0.39 is 22.0 Å². The largest absolute Gasteiger partial charge is 0.468 e. The van der Waals surface area contributed by atoms with E-state index in [4.69, 9.17) is 11.0 Å². The van der Waals surface area contributed by atoms with Crippen molar-refractivity contribution in [2.75, 3.05) is 19.4 Å². The van der Waals surface area contributed by atoms with Crippen molar-refractivity contribution in [2.45, 2.75) is 23.8 Å². The first kappa shape index (κ1) is 15.3. The van der Waals surface area contributed by atoms with Crippen LogP contribution in [0.15, 0.2) is 23.1 Å². The van der Waals surface area contributed by atoms with Crippen LogP contribution in [0, 0.1) is 11.3 Å². The maximum atomic E-state index is 12.7. The molecule has 0 aliphatic carbocycles. The molecule has 1 aliphatic rings. The number of esters is 1. The molecule has 0 bridgehead atoms. The van der Waals surface area contributed by atoms with Crippen molar-refractivity contribution < 1.29 is 17.9 Å². The van der Waals surface area contributed by atoms with E-state index in [0.717, 1.165) is 4.31 Å². The van der Waals surface area contributed by atoms with E-state index in [1.54, 1.807) is 0 Å². The van der Waals surface area contributed by atoms with Crippen molar-refractivity contribution in [2.24, 2.45) is 0 Å². The molecule has 1 aliphatic heterocycles. The molecule has 0 radical (unpaired) electrons. The predicted octanol–water partition coefficient (Wildman–Crippen LogP) is 0.467. The molecular weight excluding hydrogens is 294 g/mol. The van der Waals surface area contributed by atoms with Gasteiger partial charge in [-0.1, -0.05) is 0 Å². The number of carbonyl (C=O) groups excluding carboxylic acids is 1. The molecule has 1 unspecified atom stereocenters. The van der Waals surface area contributed by atoms with Gasteiger partial charge < -0.3 is 10.5 Å². The summed E-state index contributed by atoms with van der Waals surface area (Å²) in [7, 11) is -2.73. The van der Waals surface area contributed by atoms with Gasteiger partial charge in [0.05, 0.1) is 12.7 Å². The van der Waals surface area contributed by atoms with Crippen molar-refractivity contribution >= 4 is 21.7 Å². The molecule has 7 nitrogen and oxygen atoms in total. The lowest BCUT2D eigenvalue weighted by Gasteiger charge is -2.22. The zero-order valence-electron chi connectivity index (χ0n) is 11.4. The smallest absolute Gasteiger partial charge is 0.324 e. The van der Waals surface area contributed by atoms with Crippen molar-refractivity contribution in [3.8, 4) is 6.07 Å². The summed E-state index contributed by atoms with van der Waals surface area (Å²) in [6.45, 7) is 0.220. The topological polar surface area (TPSA) is 113 Å². The maximum absolute atomic E-state index is 12.7. The van der Waals surface area contributed by atoms with E-state index in [1.807, 2.05) is 6.07 Å². The van der Waals surface area contributed by atoms with Crippen molar-refractivity contribution in [1.82, 2.24) is 4.31 Å². The van der Waals surface area contributed by atoms with Crippen LogP contribution in [0.25, 0.3) is 0 Å². The van der Waals surface area contributed by atoms with Gasteiger partial charge in [-0.2, -0.15) is 9.57 Å². The summed E-state index contributed by atoms with van der Waals surface area (Å²) in [5, 5.41) is 9.09. The highest BCUT2D eigenvalue weighted by Crippen LogP contribution is 2.29. The molecule has 1 atom stereocenters. The molecule has 1 fully saturated rings. The summed E-state index contributed by atoms with van der Waals surface area (Å²) >= 11 is 0. The van der Waals surface area contributed by atoms with E-state index in [-0.39, 0.29) is 17.0 Å². The van der Waals surface area contributed by atoms with Crippen molar-refractivity contribution in [3.05, 3.63) is 23.8 Å². The lowest BCUT2D eigenvalue weighted by atomic mass is 10.2. The second-order valence-electron chi connectivity index (χ2n) is 4.66. The molecule has 1 saturated heterocycles. The molecule has 1 aromatic rings. The van der Waals surface area contributed by atoms with Gasteiger partial charge in [0.2, 0.25) is 10.0 Å². The number of benzene rings is 1. The number of methoxy groups -OCH3 is 1. The lowest BCUT2D eigenvalue weighted by Crippen LogP contribution is -2.41. The average molecular weight is 309 g/mol. The molecule has 0 saturated carbocycles. The number of nitriles is 1. The van der Waals surface area contributed by atoms with E-state index >= 15 is 0 Å². The number of hydrogen-bond donors (Lipinski definition) is 1. The fourth-order valence-corrected chi connectivity index (χ4v) is 4.16. The third-order valence-electron chi connectivity index (χ3n) is 3.39. The first-order valence-corrected chi connectivity index (χ1v) is 7.75. The molecule has 21 heavy (non-hydrogen) atoms. The average Bonchev–Trinajstić information content (AvgIpc) is 2.96. The Morgan fingerprint density at radius 3 is 2.86 bits per heavy atom. The van der Waals surface area contributed by atoms with Crippen LogP contribution in [0.4, 0.5) is 5.69 Å². The summed E-state index contributed by atoms with van der Waals surface area (Å²) < 4.78 is 31.1. The van der Waals surface area contributed by atoms with Crippen LogP contribution >= 0.6 is 0 Å². The SMILES string of the molecule is COC(=O)C1CCCN1S(=O)(=O)c1ccc(N)cc1C#N. The summed E-state index contributed by atoms with van der Waals surface area (Å²) in [5.41, 5.74) is 5.83. The molecule has 1 heterocycles. The van der Waals surface area contributed by atoms with Gasteiger partial charge >= 0.3 is 5.97 Å². The molecule has 1 aromatic carbocycles. The molecule has 0 aromatic heterocycles. The van der Waals surface area contributed by atoms with Crippen LogP contribution in [0.3, 0.4) is 0 Å². The molecule has 2 rings (SSSR count). The van der Waals surface area contributed by atoms with Gasteiger partial charge in [0.25, 0.3) is 0 Å². The minimum absolute atomic E-state index is 0.0366. The number of anilines is 1. The van der Waals surface area contributed by atoms with E-state index in [1.165, 1.54) is 25.3 Å². The lowest BCUT2D eigenvalue weighted by molar-refractivity contribution is -0.144. The summed E-state index contributed by atoms with van der Waals surface area (Å²) in [6.07, 6.45) is 0.971. The summed E-state index contributed by atoms with van der Waals surface area (Å²) in [4.78, 5) is 11.6. The molecular formula is C13H15N3O4S.